The number of hydrogen-bond acceptors (Lipinski definition) is 1. The Kier molecular flexibility index (Phi) is 2.08. The summed E-state index contributed by atoms with van der Waals surface area (Å²) in [4.78, 5) is 14.7. The first-order chi connectivity index (χ1) is 7.70. The van der Waals surface area contributed by atoms with Gasteiger partial charge in [0.15, 0.2) is 0 Å². The van der Waals surface area contributed by atoms with Gasteiger partial charge in [-0.25, -0.2) is 0 Å². The molecule has 0 saturated carbocycles. The van der Waals surface area contributed by atoms with Crippen molar-refractivity contribution in [3.05, 3.63) is 44.7 Å². The maximum absolute atomic E-state index is 11.7. The number of pyridine rings is 1. The van der Waals surface area contributed by atoms with Crippen molar-refractivity contribution in [2.24, 2.45) is 0 Å². The van der Waals surface area contributed by atoms with E-state index in [4.69, 9.17) is 11.6 Å². The number of rotatable bonds is 1. The van der Waals surface area contributed by atoms with Gasteiger partial charge in [0.1, 0.15) is 0 Å². The molecule has 2 aromatic rings. The van der Waals surface area contributed by atoms with Crippen LogP contribution in [0, 0.1) is 6.92 Å². The number of aromatic nitrogens is 1. The second-order valence-corrected chi connectivity index (χ2v) is 4.64. The summed E-state index contributed by atoms with van der Waals surface area (Å²) >= 11 is 5.85. The van der Waals surface area contributed by atoms with Crippen molar-refractivity contribution < 1.29 is 0 Å². The lowest BCUT2D eigenvalue weighted by molar-refractivity contribution is 1.00. The van der Waals surface area contributed by atoms with Gasteiger partial charge in [-0.05, 0) is 42.5 Å². The lowest BCUT2D eigenvalue weighted by Crippen LogP contribution is -2.11. The van der Waals surface area contributed by atoms with Crippen LogP contribution in [0.25, 0.3) is 10.9 Å². The summed E-state index contributed by atoms with van der Waals surface area (Å²) in [5, 5.41) is 1.24. The van der Waals surface area contributed by atoms with E-state index in [-0.39, 0.29) is 5.56 Å². The number of H-pyrrole nitrogens is 1. The number of aromatic amines is 1. The minimum Gasteiger partial charge on any atom is -0.322 e. The smallest absolute Gasteiger partial charge is 0.251 e. The Labute approximate surface area is 98.3 Å². The number of halogens is 1. The first kappa shape index (κ1) is 9.91. The van der Waals surface area contributed by atoms with Crippen LogP contribution < -0.4 is 5.56 Å². The zero-order valence-corrected chi connectivity index (χ0v) is 9.82. The first-order valence-electron chi connectivity index (χ1n) is 5.44. The Morgan fingerprint density at radius 3 is 2.94 bits per heavy atom. The summed E-state index contributed by atoms with van der Waals surface area (Å²) in [6.45, 7) is 1.90. The Morgan fingerprint density at radius 2 is 2.19 bits per heavy atom. The molecule has 1 heterocycles. The van der Waals surface area contributed by atoms with Gasteiger partial charge in [-0.2, -0.15) is 0 Å². The normalized spacial score (nSPS) is 13.6. The van der Waals surface area contributed by atoms with Crippen LogP contribution in [0.3, 0.4) is 0 Å². The van der Waals surface area contributed by atoms with E-state index in [2.05, 4.69) is 11.1 Å². The predicted octanol–water partition coefficient (Wildman–Crippen LogP) is 2.67. The summed E-state index contributed by atoms with van der Waals surface area (Å²) in [6.07, 6.45) is 2.00. The van der Waals surface area contributed by atoms with E-state index in [0.717, 1.165) is 29.5 Å². The van der Waals surface area contributed by atoms with Crippen molar-refractivity contribution in [3.63, 3.8) is 0 Å². The van der Waals surface area contributed by atoms with Crippen LogP contribution in [0.4, 0.5) is 0 Å². The molecule has 82 valence electrons. The van der Waals surface area contributed by atoms with Crippen molar-refractivity contribution in [1.82, 2.24) is 4.98 Å². The van der Waals surface area contributed by atoms with Crippen LogP contribution in [0.2, 0.25) is 0 Å². The Hall–Kier alpha value is -1.28. The van der Waals surface area contributed by atoms with Gasteiger partial charge in [0.25, 0.3) is 5.56 Å². The highest BCUT2D eigenvalue weighted by atomic mass is 35.5. The van der Waals surface area contributed by atoms with E-state index in [1.165, 1.54) is 16.5 Å². The largest absolute Gasteiger partial charge is 0.322 e. The Bertz CT molecular complexity index is 642. The molecule has 0 radical (unpaired) electrons. The van der Waals surface area contributed by atoms with Gasteiger partial charge >= 0.3 is 0 Å². The maximum atomic E-state index is 11.7. The highest BCUT2D eigenvalue weighted by Crippen LogP contribution is 2.31. The van der Waals surface area contributed by atoms with Crippen molar-refractivity contribution >= 4 is 22.5 Å². The number of benzene rings is 1. The first-order valence-corrected chi connectivity index (χ1v) is 5.97. The maximum Gasteiger partial charge on any atom is 0.251 e. The zero-order valence-electron chi connectivity index (χ0n) is 9.06. The van der Waals surface area contributed by atoms with Crippen LogP contribution in [-0.2, 0) is 18.7 Å². The van der Waals surface area contributed by atoms with Gasteiger partial charge < -0.3 is 4.98 Å². The quantitative estimate of drug-likeness (QED) is 0.755. The molecule has 3 rings (SSSR count). The monoisotopic (exact) mass is 233 g/mol. The predicted molar refractivity (Wildman–Crippen MR) is 66.3 cm³/mol. The average molecular weight is 234 g/mol. The zero-order chi connectivity index (χ0) is 11.3. The van der Waals surface area contributed by atoms with Crippen molar-refractivity contribution in [3.8, 4) is 0 Å². The second-order valence-electron chi connectivity index (χ2n) is 4.37. The minimum atomic E-state index is 0.0297. The molecule has 16 heavy (non-hydrogen) atoms. The van der Waals surface area contributed by atoms with Gasteiger partial charge in [-0.15, -0.1) is 11.6 Å². The highest BCUT2D eigenvalue weighted by molar-refractivity contribution is 6.17. The molecule has 0 saturated heterocycles. The van der Waals surface area contributed by atoms with Crippen LogP contribution >= 0.6 is 11.6 Å². The molecule has 0 unspecified atom stereocenters. The van der Waals surface area contributed by atoms with Crippen LogP contribution in [0.5, 0.6) is 0 Å². The Morgan fingerprint density at radius 1 is 1.38 bits per heavy atom. The van der Waals surface area contributed by atoms with Gasteiger partial charge in [-0.1, -0.05) is 6.07 Å². The van der Waals surface area contributed by atoms with Crippen molar-refractivity contribution in [2.75, 3.05) is 0 Å². The van der Waals surface area contributed by atoms with Crippen molar-refractivity contribution in [2.45, 2.75) is 25.6 Å². The van der Waals surface area contributed by atoms with Crippen LogP contribution in [0.1, 0.15) is 22.3 Å². The lowest BCUT2D eigenvalue weighted by Gasteiger charge is -2.06. The summed E-state index contributed by atoms with van der Waals surface area (Å²) in [5.41, 5.74) is 5.46. The third-order valence-corrected chi connectivity index (χ3v) is 3.73. The fourth-order valence-corrected chi connectivity index (χ4v) is 2.76. The average Bonchev–Trinajstić information content (AvgIpc) is 2.70. The molecule has 0 aliphatic heterocycles. The standard InChI is InChI=1S/C13H12ClNO/c1-7-10-3-2-9-4-8(6-14)5-11(12(9)10)15-13(7)16/h4-5H,2-3,6H2,1H3,(H,15,16). The fraction of sp³-hybridized carbons (Fsp3) is 0.308. The molecule has 0 fully saturated rings. The molecule has 0 atom stereocenters. The third-order valence-electron chi connectivity index (χ3n) is 3.42. The van der Waals surface area contributed by atoms with E-state index in [1.54, 1.807) is 0 Å². The molecular formula is C13H12ClNO. The summed E-state index contributed by atoms with van der Waals surface area (Å²) in [7, 11) is 0. The molecule has 1 aromatic carbocycles. The van der Waals surface area contributed by atoms with Gasteiger partial charge in [0.05, 0.1) is 0 Å². The molecular weight excluding hydrogens is 222 g/mol. The molecule has 2 nitrogen and oxygen atoms in total. The van der Waals surface area contributed by atoms with E-state index < -0.39 is 0 Å². The van der Waals surface area contributed by atoms with Crippen LogP contribution in [0.15, 0.2) is 16.9 Å². The highest BCUT2D eigenvalue weighted by Gasteiger charge is 2.18. The molecule has 0 bridgehead atoms. The second kappa shape index (κ2) is 3.36. The fourth-order valence-electron chi connectivity index (χ4n) is 2.61. The number of aryl methyl sites for hydroxylation is 2. The molecule has 1 aromatic heterocycles. The SMILES string of the molecule is Cc1c2c3c(cc(CCl)cc3[nH]c1=O)CC2. The molecule has 1 aliphatic carbocycles. The van der Waals surface area contributed by atoms with E-state index in [0.29, 0.717) is 5.88 Å². The molecule has 0 amide bonds. The van der Waals surface area contributed by atoms with Crippen LogP contribution in [-0.4, -0.2) is 4.98 Å². The van der Waals surface area contributed by atoms with E-state index in [1.807, 2.05) is 13.0 Å². The van der Waals surface area contributed by atoms with Gasteiger partial charge in [-0.3, -0.25) is 4.79 Å². The molecule has 0 spiro atoms. The molecule has 1 aliphatic rings. The topological polar surface area (TPSA) is 32.9 Å². The number of alkyl halides is 1. The van der Waals surface area contributed by atoms with Gasteiger partial charge in [0.2, 0.25) is 0 Å². The summed E-state index contributed by atoms with van der Waals surface area (Å²) in [5.74, 6) is 0.494. The van der Waals surface area contributed by atoms with E-state index >= 15 is 0 Å². The minimum absolute atomic E-state index is 0.0297. The van der Waals surface area contributed by atoms with Gasteiger partial charge in [0, 0.05) is 22.3 Å². The Balaban J connectivity index is 2.49. The third kappa shape index (κ3) is 1.23. The van der Waals surface area contributed by atoms with Crippen molar-refractivity contribution in [1.29, 1.82) is 0 Å². The summed E-state index contributed by atoms with van der Waals surface area (Å²) < 4.78 is 0. The number of nitrogens with one attached hydrogen (secondary N) is 1. The summed E-state index contributed by atoms with van der Waals surface area (Å²) in [6, 6.07) is 4.14. The lowest BCUT2D eigenvalue weighted by atomic mass is 10.0. The number of hydrogen-bond donors (Lipinski definition) is 1. The molecule has 3 heteroatoms. The molecule has 1 N–H and O–H groups in total. The van der Waals surface area contributed by atoms with E-state index in [9.17, 15) is 4.79 Å².